The second-order valence-corrected chi connectivity index (χ2v) is 11.3. The molecule has 1 spiro atoms. The lowest BCUT2D eigenvalue weighted by Crippen LogP contribution is -2.28. The monoisotopic (exact) mass is 564 g/mol. The maximum atomic E-state index is 13.5. The number of aryl methyl sites for hydroxylation is 2. The number of carbonyl (C=O) groups is 2. The van der Waals surface area contributed by atoms with E-state index in [1.165, 1.54) is 18.2 Å². The first-order valence-electron chi connectivity index (χ1n) is 12.5. The molecule has 0 bridgehead atoms. The van der Waals surface area contributed by atoms with Gasteiger partial charge in [-0.3, -0.25) is 9.59 Å². The first kappa shape index (κ1) is 28.4. The van der Waals surface area contributed by atoms with E-state index >= 15 is 0 Å². The van der Waals surface area contributed by atoms with E-state index in [0.29, 0.717) is 42.5 Å². The number of esters is 1. The lowest BCUT2D eigenvalue weighted by molar-refractivity contribution is -0.143. The molecule has 2 aromatic carbocycles. The third-order valence-electron chi connectivity index (χ3n) is 7.55. The summed E-state index contributed by atoms with van der Waals surface area (Å²) in [7, 11) is -5.83. The number of anilines is 1. The summed E-state index contributed by atoms with van der Waals surface area (Å²) >= 11 is 0. The molecule has 3 unspecified atom stereocenters. The Morgan fingerprint density at radius 1 is 1.21 bits per heavy atom. The van der Waals surface area contributed by atoms with E-state index in [4.69, 9.17) is 4.74 Å². The number of nitrogens with one attached hydrogen (secondary N) is 1. The van der Waals surface area contributed by atoms with Crippen molar-refractivity contribution in [3.8, 4) is 11.8 Å². The molecular weight excluding hydrogens is 537 g/mol. The number of nitrogens with zero attached hydrogens (tertiary/aromatic N) is 1. The molecule has 2 aromatic rings. The van der Waals surface area contributed by atoms with E-state index < -0.39 is 32.7 Å². The van der Waals surface area contributed by atoms with Gasteiger partial charge in [-0.1, -0.05) is 19.1 Å². The van der Waals surface area contributed by atoms with E-state index in [9.17, 15) is 36.4 Å². The minimum atomic E-state index is -5.83. The molecule has 1 fully saturated rings. The van der Waals surface area contributed by atoms with Crippen molar-refractivity contribution in [2.75, 3.05) is 11.9 Å². The summed E-state index contributed by atoms with van der Waals surface area (Å²) in [6, 6.07) is 10.9. The fourth-order valence-corrected chi connectivity index (χ4v) is 6.09. The van der Waals surface area contributed by atoms with Crippen molar-refractivity contribution >= 4 is 27.7 Å². The van der Waals surface area contributed by atoms with Crippen LogP contribution in [0.25, 0.3) is 0 Å². The van der Waals surface area contributed by atoms with Crippen molar-refractivity contribution in [1.82, 2.24) is 0 Å². The number of rotatable bonds is 9. The van der Waals surface area contributed by atoms with Crippen LogP contribution < -0.4 is 9.50 Å². The van der Waals surface area contributed by atoms with E-state index in [0.717, 1.165) is 11.1 Å². The molecule has 0 aliphatic heterocycles. The van der Waals surface area contributed by atoms with Crippen LogP contribution in [-0.4, -0.2) is 32.4 Å². The molecule has 12 heteroatoms. The van der Waals surface area contributed by atoms with Gasteiger partial charge in [-0.15, -0.1) is 0 Å². The Hall–Kier alpha value is -3.59. The highest BCUT2D eigenvalue weighted by atomic mass is 32.2. The lowest BCUT2D eigenvalue weighted by atomic mass is 9.93. The highest BCUT2D eigenvalue weighted by Crippen LogP contribution is 2.66. The van der Waals surface area contributed by atoms with Crippen LogP contribution in [0.2, 0.25) is 0 Å². The van der Waals surface area contributed by atoms with Gasteiger partial charge in [-0.2, -0.15) is 26.9 Å². The molecule has 0 aromatic heterocycles. The number of halogens is 3. The Labute approximate surface area is 224 Å². The van der Waals surface area contributed by atoms with Crippen LogP contribution in [0, 0.1) is 23.2 Å². The Balaban J connectivity index is 1.54. The van der Waals surface area contributed by atoms with Gasteiger partial charge in [-0.25, -0.2) is 0 Å². The topological polar surface area (TPSA) is 123 Å². The van der Waals surface area contributed by atoms with E-state index in [1.807, 2.05) is 13.0 Å². The first-order chi connectivity index (χ1) is 18.3. The van der Waals surface area contributed by atoms with Crippen molar-refractivity contribution in [3.63, 3.8) is 0 Å². The number of carbonyl (C=O) groups excluding carboxylic acids is 2. The average Bonchev–Trinajstić information content (AvgIpc) is 3.29. The number of ether oxygens (including phenoxy) is 1. The number of hydrogen-bond donors (Lipinski definition) is 1. The number of fused-ring (bicyclic) bond motifs is 2. The van der Waals surface area contributed by atoms with Crippen LogP contribution in [0.1, 0.15) is 55.4 Å². The van der Waals surface area contributed by atoms with Gasteiger partial charge in [0.2, 0.25) is 5.91 Å². The van der Waals surface area contributed by atoms with E-state index in [-0.39, 0.29) is 30.8 Å². The molecule has 4 rings (SSSR count). The molecule has 0 heterocycles. The zero-order chi connectivity index (χ0) is 28.6. The van der Waals surface area contributed by atoms with Gasteiger partial charge < -0.3 is 14.2 Å². The van der Waals surface area contributed by atoms with Crippen LogP contribution in [-0.2, 0) is 42.7 Å². The number of benzene rings is 2. The normalized spacial score (nSPS) is 21.6. The summed E-state index contributed by atoms with van der Waals surface area (Å²) in [5.41, 5.74) is -3.28. The fraction of sp³-hybridized carbons (Fsp3) is 0.444. The quantitative estimate of drug-likeness (QED) is 0.265. The predicted molar refractivity (Wildman–Crippen MR) is 134 cm³/mol. The number of hydrogen-bond acceptors (Lipinski definition) is 7. The molecule has 1 saturated carbocycles. The molecule has 1 N–H and O–H groups in total. The lowest BCUT2D eigenvalue weighted by Gasteiger charge is -2.16. The van der Waals surface area contributed by atoms with Gasteiger partial charge in [0.25, 0.3) is 0 Å². The van der Waals surface area contributed by atoms with Crippen molar-refractivity contribution in [1.29, 1.82) is 5.26 Å². The molecular formula is C27H27F3N2O6S. The molecule has 0 saturated heterocycles. The van der Waals surface area contributed by atoms with Crippen LogP contribution in [0.3, 0.4) is 0 Å². The second-order valence-electron chi connectivity index (χ2n) is 9.74. The third kappa shape index (κ3) is 5.45. The molecule has 0 radical (unpaired) electrons. The summed E-state index contributed by atoms with van der Waals surface area (Å²) in [5, 5.41) is 12.3. The Morgan fingerprint density at radius 2 is 1.95 bits per heavy atom. The SMILES string of the molecule is CCOC(=O)CCCc1ccc(C#N)cc1NC(=O)C1C(C)C12CCc1ccc(OS(=O)(=O)C(F)(F)F)cc12. The highest BCUT2D eigenvalue weighted by molar-refractivity contribution is 7.88. The van der Waals surface area contributed by atoms with Crippen molar-refractivity contribution < 1.29 is 40.1 Å². The third-order valence-corrected chi connectivity index (χ3v) is 8.53. The van der Waals surface area contributed by atoms with Gasteiger partial charge in [0.15, 0.2) is 0 Å². The van der Waals surface area contributed by atoms with Crippen molar-refractivity contribution in [2.45, 2.75) is 56.9 Å². The van der Waals surface area contributed by atoms with Gasteiger partial charge in [0, 0.05) is 17.5 Å². The summed E-state index contributed by atoms with van der Waals surface area (Å²) in [5.74, 6) is -1.79. The smallest absolute Gasteiger partial charge is 0.466 e. The summed E-state index contributed by atoms with van der Waals surface area (Å²) in [6.07, 6.45) is 2.30. The molecule has 1 amide bonds. The average molecular weight is 565 g/mol. The van der Waals surface area contributed by atoms with Crippen LogP contribution >= 0.6 is 0 Å². The van der Waals surface area contributed by atoms with Gasteiger partial charge in [0.05, 0.1) is 24.2 Å². The molecule has 3 atom stereocenters. The second kappa shape index (κ2) is 10.5. The fourth-order valence-electron chi connectivity index (χ4n) is 5.64. The van der Waals surface area contributed by atoms with Gasteiger partial charge in [0.1, 0.15) is 5.75 Å². The summed E-state index contributed by atoms with van der Waals surface area (Å²) < 4.78 is 70.8. The molecule has 2 aliphatic carbocycles. The van der Waals surface area contributed by atoms with Gasteiger partial charge >= 0.3 is 21.6 Å². The zero-order valence-corrected chi connectivity index (χ0v) is 22.1. The van der Waals surface area contributed by atoms with Crippen molar-refractivity contribution in [2.24, 2.45) is 11.8 Å². The maximum absolute atomic E-state index is 13.5. The number of nitriles is 1. The predicted octanol–water partition coefficient (Wildman–Crippen LogP) is 4.76. The van der Waals surface area contributed by atoms with E-state index in [2.05, 4.69) is 9.50 Å². The minimum absolute atomic E-state index is 0.167. The van der Waals surface area contributed by atoms with Crippen molar-refractivity contribution in [3.05, 3.63) is 58.7 Å². The first-order valence-corrected chi connectivity index (χ1v) is 13.9. The minimum Gasteiger partial charge on any atom is -0.466 e. The molecule has 2 aliphatic rings. The largest absolute Gasteiger partial charge is 0.534 e. The van der Waals surface area contributed by atoms with Crippen LogP contribution in [0.15, 0.2) is 36.4 Å². The molecule has 208 valence electrons. The molecule has 8 nitrogen and oxygen atoms in total. The van der Waals surface area contributed by atoms with Crippen LogP contribution in [0.4, 0.5) is 18.9 Å². The molecule has 39 heavy (non-hydrogen) atoms. The summed E-state index contributed by atoms with van der Waals surface area (Å²) in [4.78, 5) is 25.2. The zero-order valence-electron chi connectivity index (χ0n) is 21.3. The highest BCUT2D eigenvalue weighted by Gasteiger charge is 2.68. The standard InChI is InChI=1S/C27H27F3N2O6S/c1-3-37-23(33)6-4-5-19-8-7-17(15-31)13-22(19)32-25(34)24-16(2)26(24)12-11-18-9-10-20(14-21(18)26)38-39(35,36)27(28,29)30/h7-10,13-14,16,24H,3-6,11-12H2,1-2H3,(H,32,34). The number of amides is 1. The van der Waals surface area contributed by atoms with Gasteiger partial charge in [-0.05, 0) is 79.5 Å². The maximum Gasteiger partial charge on any atom is 0.534 e. The Morgan fingerprint density at radius 3 is 2.62 bits per heavy atom. The Bertz CT molecular complexity index is 1450. The number of alkyl halides is 3. The Kier molecular flexibility index (Phi) is 7.67. The summed E-state index contributed by atoms with van der Waals surface area (Å²) in [6.45, 7) is 3.87. The van der Waals surface area contributed by atoms with Crippen LogP contribution in [0.5, 0.6) is 5.75 Å². The van der Waals surface area contributed by atoms with E-state index in [1.54, 1.807) is 25.1 Å².